The number of amides is 2. The molecular formula is C2H2N3O-. The van der Waals surface area contributed by atoms with Crippen molar-refractivity contribution in [3.63, 3.8) is 0 Å². The van der Waals surface area contributed by atoms with Gasteiger partial charge in [0, 0.05) is 0 Å². The lowest BCUT2D eigenvalue weighted by atomic mass is 11.1. The van der Waals surface area contributed by atoms with E-state index in [-0.39, 0.29) is 0 Å². The van der Waals surface area contributed by atoms with Gasteiger partial charge in [-0.05, 0) is 0 Å². The van der Waals surface area contributed by atoms with Crippen LogP contribution in [0, 0.1) is 0 Å². The first-order chi connectivity index (χ1) is 2.77. The van der Waals surface area contributed by atoms with E-state index in [0.29, 0.717) is 0 Å². The van der Waals surface area contributed by atoms with Crippen LogP contribution >= 0.6 is 0 Å². The largest absolute Gasteiger partial charge is 0.422 e. The van der Waals surface area contributed by atoms with Gasteiger partial charge in [-0.15, -0.1) is 6.01 Å². The topological polar surface area (TPSA) is 77.8 Å². The highest BCUT2D eigenvalue weighted by molar-refractivity contribution is 5.79. The summed E-state index contributed by atoms with van der Waals surface area (Å²) in [5.41, 5.74) is 4.37. The van der Waals surface area contributed by atoms with E-state index in [1.54, 1.807) is 0 Å². The van der Waals surface area contributed by atoms with Gasteiger partial charge in [0.15, 0.2) is 0 Å². The average molecular weight is 84.1 g/mol. The number of nitrogens with two attached hydrogens (primary N) is 1. The Morgan fingerprint density at radius 2 is 2.50 bits per heavy atom. The van der Waals surface area contributed by atoms with Gasteiger partial charge >= 0.3 is 0 Å². The molecule has 32 valence electrons. The van der Waals surface area contributed by atoms with Gasteiger partial charge in [-0.25, -0.2) is 0 Å². The molecule has 0 unspecified atom stereocenters. The summed E-state index contributed by atoms with van der Waals surface area (Å²) < 4.78 is 0. The first-order valence-corrected chi connectivity index (χ1v) is 1.16. The smallest absolute Gasteiger partial charge is 0.242 e. The van der Waals surface area contributed by atoms with E-state index in [4.69, 9.17) is 5.41 Å². The molecule has 0 aromatic rings. The van der Waals surface area contributed by atoms with E-state index >= 15 is 0 Å². The summed E-state index contributed by atoms with van der Waals surface area (Å²) in [6.07, 6.45) is 0. The van der Waals surface area contributed by atoms with Gasteiger partial charge < -0.3 is 16.1 Å². The van der Waals surface area contributed by atoms with Crippen LogP contribution in [0.5, 0.6) is 0 Å². The molecule has 0 fully saturated rings. The Hall–Kier alpha value is -1.15. The highest BCUT2D eigenvalue weighted by atomic mass is 16.2. The summed E-state index contributed by atoms with van der Waals surface area (Å²) in [7, 11) is 0. The molecule has 0 heterocycles. The molecule has 0 rings (SSSR count). The van der Waals surface area contributed by atoms with E-state index < -0.39 is 6.03 Å². The second-order valence-electron chi connectivity index (χ2n) is 0.550. The highest BCUT2D eigenvalue weighted by Crippen LogP contribution is 1.56. The predicted molar refractivity (Wildman–Crippen MR) is 20.4 cm³/mol. The third-order valence-electron chi connectivity index (χ3n) is 0.160. The van der Waals surface area contributed by atoms with Crippen molar-refractivity contribution in [2.24, 2.45) is 10.7 Å². The lowest BCUT2D eigenvalue weighted by Gasteiger charge is -1.77. The average Bonchev–Trinajstić information content (AvgIpc) is 1.35. The maximum atomic E-state index is 9.43. The normalized spacial score (nSPS) is 6.00. The Balaban J connectivity index is 3.60. The van der Waals surface area contributed by atoms with Crippen molar-refractivity contribution in [1.29, 1.82) is 0 Å². The number of carbonyl (C=O) groups is 1. The van der Waals surface area contributed by atoms with Gasteiger partial charge in [-0.1, -0.05) is 0 Å². The van der Waals surface area contributed by atoms with Gasteiger partial charge in [0.1, 0.15) is 0 Å². The molecule has 4 nitrogen and oxygen atoms in total. The Morgan fingerprint density at radius 3 is 2.50 bits per heavy atom. The van der Waals surface area contributed by atoms with Crippen molar-refractivity contribution in [1.82, 2.24) is 0 Å². The summed E-state index contributed by atoms with van der Waals surface area (Å²) in [6, 6.07) is 0.271. The van der Waals surface area contributed by atoms with E-state index in [1.807, 2.05) is 0 Å². The molecule has 0 aliphatic rings. The summed E-state index contributed by atoms with van der Waals surface area (Å²) >= 11 is 0. The van der Waals surface area contributed by atoms with Crippen LogP contribution in [0.2, 0.25) is 0 Å². The number of nitrogens with zero attached hydrogens (tertiary/aromatic N) is 2. The van der Waals surface area contributed by atoms with Gasteiger partial charge in [0.2, 0.25) is 6.03 Å². The zero-order valence-electron chi connectivity index (χ0n) is 2.88. The van der Waals surface area contributed by atoms with Crippen molar-refractivity contribution in [3.05, 3.63) is 5.41 Å². The van der Waals surface area contributed by atoms with Crippen LogP contribution in [-0.4, -0.2) is 12.0 Å². The van der Waals surface area contributed by atoms with Crippen LogP contribution in [0.25, 0.3) is 5.41 Å². The number of hydrogen-bond acceptors (Lipinski definition) is 1. The summed E-state index contributed by atoms with van der Waals surface area (Å²) in [6.45, 7) is 0. The fraction of sp³-hybridized carbons (Fsp3) is 0. The minimum absolute atomic E-state index is 0.947. The minimum Gasteiger partial charge on any atom is -0.422 e. The molecule has 0 radical (unpaired) electrons. The standard InChI is InChI=1S/C2H2N3O/c3-1-5-2(4)6/h(H2,4,6)/q-1. The van der Waals surface area contributed by atoms with Crippen molar-refractivity contribution in [3.8, 4) is 0 Å². The lowest BCUT2D eigenvalue weighted by Crippen LogP contribution is -2.02. The molecule has 0 aromatic heterocycles. The van der Waals surface area contributed by atoms with Crippen molar-refractivity contribution < 1.29 is 4.79 Å². The van der Waals surface area contributed by atoms with E-state index in [1.165, 1.54) is 6.01 Å². The molecular weight excluding hydrogens is 82.0 g/mol. The molecule has 0 aliphatic carbocycles. The minimum atomic E-state index is -0.947. The Morgan fingerprint density at radius 1 is 2.00 bits per heavy atom. The number of aliphatic imine (C=N–C) groups is 1. The molecule has 4 heteroatoms. The van der Waals surface area contributed by atoms with E-state index in [9.17, 15) is 4.79 Å². The second-order valence-corrected chi connectivity index (χ2v) is 0.550. The molecule has 6 heavy (non-hydrogen) atoms. The Kier molecular flexibility index (Phi) is 1.71. The molecule has 0 bridgehead atoms. The number of carbonyl (C=O) groups excluding carboxylic acids is 1. The Labute approximate surface area is 34.2 Å². The molecule has 0 saturated heterocycles. The molecule has 0 saturated carbocycles. The fourth-order valence-electron chi connectivity index (χ4n) is 0.0493. The fourth-order valence-corrected chi connectivity index (χ4v) is 0.0493. The van der Waals surface area contributed by atoms with Crippen LogP contribution < -0.4 is 5.73 Å². The first-order valence-electron chi connectivity index (χ1n) is 1.16. The number of rotatable bonds is 0. The summed E-state index contributed by atoms with van der Waals surface area (Å²) in [5, 5.41) is 7.52. The molecule has 0 aliphatic heterocycles. The van der Waals surface area contributed by atoms with Gasteiger partial charge in [-0.2, -0.15) is 0 Å². The zero-order valence-corrected chi connectivity index (χ0v) is 2.88. The molecule has 2 N–H and O–H groups in total. The third-order valence-corrected chi connectivity index (χ3v) is 0.160. The number of primary amides is 1. The van der Waals surface area contributed by atoms with Crippen LogP contribution in [0.1, 0.15) is 0 Å². The van der Waals surface area contributed by atoms with Gasteiger partial charge in [0.05, 0.1) is 0 Å². The number of urea groups is 1. The van der Waals surface area contributed by atoms with Crippen molar-refractivity contribution in [2.45, 2.75) is 0 Å². The van der Waals surface area contributed by atoms with E-state index in [0.717, 1.165) is 0 Å². The summed E-state index contributed by atoms with van der Waals surface area (Å²) in [4.78, 5) is 12.0. The molecule has 0 spiro atoms. The highest BCUT2D eigenvalue weighted by Gasteiger charge is 1.62. The van der Waals surface area contributed by atoms with Crippen LogP contribution in [0.4, 0.5) is 4.79 Å². The van der Waals surface area contributed by atoms with Crippen molar-refractivity contribution >= 4 is 12.0 Å². The van der Waals surface area contributed by atoms with Crippen LogP contribution in [-0.2, 0) is 0 Å². The molecule has 0 atom stereocenters. The third kappa shape index (κ3) is 2.85. The quantitative estimate of drug-likeness (QED) is 0.405. The first kappa shape index (κ1) is 4.85. The SMILES string of the molecule is [N-]=C=NC(N)=O. The molecule has 2 amide bonds. The van der Waals surface area contributed by atoms with Crippen molar-refractivity contribution in [2.75, 3.05) is 0 Å². The van der Waals surface area contributed by atoms with Crippen LogP contribution in [0.15, 0.2) is 4.99 Å². The predicted octanol–water partition coefficient (Wildman–Crippen LogP) is -0.192. The van der Waals surface area contributed by atoms with Gasteiger partial charge in [0.25, 0.3) is 0 Å². The summed E-state index contributed by atoms with van der Waals surface area (Å²) in [5.74, 6) is 0. The van der Waals surface area contributed by atoms with E-state index in [2.05, 4.69) is 10.7 Å². The second kappa shape index (κ2) is 2.11. The maximum Gasteiger partial charge on any atom is 0.242 e. The molecule has 0 aromatic carbocycles. The van der Waals surface area contributed by atoms with Crippen LogP contribution in [0.3, 0.4) is 0 Å². The zero-order chi connectivity index (χ0) is 4.99. The Bertz CT molecular complexity index is 101. The maximum absolute atomic E-state index is 9.43. The lowest BCUT2D eigenvalue weighted by molar-refractivity contribution is 0.257. The van der Waals surface area contributed by atoms with Gasteiger partial charge in [-0.3, -0.25) is 4.79 Å². The monoisotopic (exact) mass is 84.0 g/mol. The number of hydrogen-bond donors (Lipinski definition) is 1.